The molecule has 0 atom stereocenters. The van der Waals surface area contributed by atoms with Crippen LogP contribution in [-0.2, 0) is 17.4 Å². The van der Waals surface area contributed by atoms with Gasteiger partial charge < -0.3 is 18.7 Å². The molecule has 0 N–H and O–H groups in total. The number of rotatable bonds is 13. The van der Waals surface area contributed by atoms with E-state index in [4.69, 9.17) is 8.95 Å². The van der Waals surface area contributed by atoms with Crippen molar-refractivity contribution in [1.29, 1.82) is 0 Å². The Morgan fingerprint density at radius 1 is 0.840 bits per heavy atom. The second kappa shape index (κ2) is 14.6. The van der Waals surface area contributed by atoms with Crippen LogP contribution in [0.2, 0.25) is 5.04 Å². The van der Waals surface area contributed by atoms with Crippen molar-refractivity contribution in [2.24, 2.45) is 11.3 Å². The van der Waals surface area contributed by atoms with E-state index < -0.39 is 8.32 Å². The van der Waals surface area contributed by atoms with Crippen molar-refractivity contribution in [3.05, 3.63) is 114 Å². The number of hydrogen-bond acceptors (Lipinski definition) is 5. The maximum Gasteiger partial charge on any atom is 0.261 e. The molecule has 7 rings (SSSR count). The van der Waals surface area contributed by atoms with Gasteiger partial charge >= 0.3 is 0 Å². The van der Waals surface area contributed by atoms with Gasteiger partial charge in [0.25, 0.3) is 8.32 Å². The fourth-order valence-electron chi connectivity index (χ4n) is 8.45. The molecule has 4 aromatic carbocycles. The summed E-state index contributed by atoms with van der Waals surface area (Å²) in [5.41, 5.74) is 6.01. The highest BCUT2D eigenvalue weighted by molar-refractivity contribution is 6.99. The largest absolute Gasteiger partial charge is 0.407 e. The molecule has 6 heteroatoms. The van der Waals surface area contributed by atoms with Crippen LogP contribution in [-0.4, -0.2) is 63.6 Å². The van der Waals surface area contributed by atoms with Gasteiger partial charge in [0, 0.05) is 36.1 Å². The summed E-state index contributed by atoms with van der Waals surface area (Å²) < 4.78 is 13.5. The fourth-order valence-corrected chi connectivity index (χ4v) is 13.1. The third-order valence-corrected chi connectivity index (χ3v) is 16.4. The first-order chi connectivity index (χ1) is 24.2. The van der Waals surface area contributed by atoms with Crippen molar-refractivity contribution in [2.45, 2.75) is 70.9 Å². The zero-order chi connectivity index (χ0) is 34.8. The molecule has 1 aliphatic heterocycles. The number of aryl methyl sites for hydroxylation is 1. The van der Waals surface area contributed by atoms with Crippen LogP contribution in [0.3, 0.4) is 0 Å². The molecule has 5 aromatic rings. The number of benzene rings is 4. The van der Waals surface area contributed by atoms with Crippen molar-refractivity contribution >= 4 is 29.7 Å². The molecule has 262 valence electrons. The highest BCUT2D eigenvalue weighted by Crippen LogP contribution is 2.49. The van der Waals surface area contributed by atoms with Crippen LogP contribution in [0.4, 0.5) is 0 Å². The molecular weight excluding hydrogens is 631 g/mol. The van der Waals surface area contributed by atoms with Crippen molar-refractivity contribution < 1.29 is 8.95 Å². The molecule has 1 saturated carbocycles. The Labute approximate surface area is 300 Å². The average Bonchev–Trinajstić information content (AvgIpc) is 3.76. The first-order valence-corrected chi connectivity index (χ1v) is 20.7. The molecule has 0 unspecified atom stereocenters. The lowest BCUT2D eigenvalue weighted by atomic mass is 9.90. The molecule has 0 spiro atoms. The first kappa shape index (κ1) is 34.9. The van der Waals surface area contributed by atoms with Gasteiger partial charge in [0.15, 0.2) is 5.58 Å². The van der Waals surface area contributed by atoms with E-state index in [9.17, 15) is 0 Å². The van der Waals surface area contributed by atoms with Gasteiger partial charge in [0.05, 0.1) is 5.69 Å². The van der Waals surface area contributed by atoms with Gasteiger partial charge in [-0.3, -0.25) is 0 Å². The van der Waals surface area contributed by atoms with E-state index in [2.05, 4.69) is 153 Å². The van der Waals surface area contributed by atoms with E-state index >= 15 is 0 Å². The quantitative estimate of drug-likeness (QED) is 0.116. The molecule has 2 aliphatic rings. The summed E-state index contributed by atoms with van der Waals surface area (Å²) in [5, 5.41) is 8.58. The van der Waals surface area contributed by atoms with Crippen LogP contribution in [0, 0.1) is 11.3 Å². The Morgan fingerprint density at radius 2 is 1.44 bits per heavy atom. The average molecular weight is 686 g/mol. The van der Waals surface area contributed by atoms with Crippen molar-refractivity contribution in [3.63, 3.8) is 0 Å². The summed E-state index contributed by atoms with van der Waals surface area (Å²) in [6, 6.07) is 37.3. The van der Waals surface area contributed by atoms with E-state index in [1.165, 1.54) is 77.6 Å². The summed E-state index contributed by atoms with van der Waals surface area (Å²) in [6.45, 7) is 12.3. The van der Waals surface area contributed by atoms with E-state index in [-0.39, 0.29) is 10.5 Å². The summed E-state index contributed by atoms with van der Waals surface area (Å²) in [4.78, 5) is 4.95. The smallest absolute Gasteiger partial charge is 0.261 e. The number of hydrogen-bond donors (Lipinski definition) is 0. The van der Waals surface area contributed by atoms with Gasteiger partial charge in [0.2, 0.25) is 0 Å². The van der Waals surface area contributed by atoms with Gasteiger partial charge in [-0.05, 0) is 104 Å². The third kappa shape index (κ3) is 7.27. The summed E-state index contributed by atoms with van der Waals surface area (Å²) in [7, 11) is 1.71. The second-order valence-electron chi connectivity index (χ2n) is 16.4. The Kier molecular flexibility index (Phi) is 10.2. The van der Waals surface area contributed by atoms with Crippen LogP contribution in [0.1, 0.15) is 64.1 Å². The van der Waals surface area contributed by atoms with Gasteiger partial charge in [-0.2, -0.15) is 0 Å². The van der Waals surface area contributed by atoms with E-state index in [0.29, 0.717) is 0 Å². The highest BCUT2D eigenvalue weighted by atomic mass is 28.4. The minimum absolute atomic E-state index is 0.0113. The molecule has 0 amide bonds. The molecule has 2 fully saturated rings. The van der Waals surface area contributed by atoms with Crippen molar-refractivity contribution in [2.75, 3.05) is 40.3 Å². The Balaban J connectivity index is 0.980. The number of likely N-dealkylation sites (tertiary alicyclic amines) is 1. The van der Waals surface area contributed by atoms with Crippen LogP contribution in [0.25, 0.3) is 22.1 Å². The fraction of sp³-hybridized carbons (Fsp3) is 0.432. The van der Waals surface area contributed by atoms with E-state index in [0.717, 1.165) is 43.3 Å². The molecule has 2 heterocycles. The van der Waals surface area contributed by atoms with E-state index in [1.807, 2.05) is 0 Å². The zero-order valence-electron chi connectivity index (χ0n) is 30.8. The summed E-state index contributed by atoms with van der Waals surface area (Å²) >= 11 is 0. The number of piperidine rings is 1. The lowest BCUT2D eigenvalue weighted by Crippen LogP contribution is -2.67. The maximum absolute atomic E-state index is 7.43. The molecule has 1 aromatic heterocycles. The second-order valence-corrected chi connectivity index (χ2v) is 20.7. The maximum atomic E-state index is 7.43. The van der Waals surface area contributed by atoms with Crippen LogP contribution >= 0.6 is 0 Å². The summed E-state index contributed by atoms with van der Waals surface area (Å²) in [6.07, 6.45) is 7.19. The molecule has 0 radical (unpaired) electrons. The molecular formula is C44H55N3O2Si. The Hall–Kier alpha value is -3.55. The van der Waals surface area contributed by atoms with Crippen molar-refractivity contribution in [3.8, 4) is 11.1 Å². The lowest BCUT2D eigenvalue weighted by Gasteiger charge is -2.44. The predicted molar refractivity (Wildman–Crippen MR) is 210 cm³/mol. The standard InChI is InChI=1S/C44H55N3O2Si/c1-43(2,3)50(36-17-11-7-12-18-36,37-19-13-8-14-20-37)48-33-44(27-28-44)32-47-29-25-34(26-30-47)21-24-41-39-23-22-38(35-15-9-6-10-16-35)40(31-46(4)5)42(39)49-45-41/h6-20,22-23,34H,21,24-33H2,1-5H3. The molecule has 0 bridgehead atoms. The monoisotopic (exact) mass is 685 g/mol. The van der Waals surface area contributed by atoms with Gasteiger partial charge in [-0.1, -0.05) is 123 Å². The molecule has 5 nitrogen and oxygen atoms in total. The third-order valence-electron chi connectivity index (χ3n) is 11.4. The van der Waals surface area contributed by atoms with Gasteiger partial charge in [0.1, 0.15) is 0 Å². The minimum atomic E-state index is -2.52. The highest BCUT2D eigenvalue weighted by Gasteiger charge is 2.53. The molecule has 1 saturated heterocycles. The summed E-state index contributed by atoms with van der Waals surface area (Å²) in [5.74, 6) is 0.728. The SMILES string of the molecule is CN(C)Cc1c(-c2ccccc2)ccc2c(CCC3CCN(CC4(CO[Si](c5ccccc5)(c5ccccc5)C(C)(C)C)CC4)CC3)noc12. The van der Waals surface area contributed by atoms with E-state index in [1.54, 1.807) is 0 Å². The van der Waals surface area contributed by atoms with Crippen LogP contribution in [0.15, 0.2) is 108 Å². The number of nitrogens with zero attached hydrogens (tertiary/aromatic N) is 3. The predicted octanol–water partition coefficient (Wildman–Crippen LogP) is 8.56. The molecule has 1 aliphatic carbocycles. The Bertz CT molecular complexity index is 1800. The van der Waals surface area contributed by atoms with Crippen molar-refractivity contribution in [1.82, 2.24) is 15.0 Å². The minimum Gasteiger partial charge on any atom is -0.407 e. The van der Waals surface area contributed by atoms with Gasteiger partial charge in [-0.25, -0.2) is 0 Å². The zero-order valence-corrected chi connectivity index (χ0v) is 31.8. The first-order valence-electron chi connectivity index (χ1n) is 18.8. The lowest BCUT2D eigenvalue weighted by molar-refractivity contribution is 0.119. The van der Waals surface area contributed by atoms with Crippen LogP contribution < -0.4 is 10.4 Å². The van der Waals surface area contributed by atoms with Gasteiger partial charge in [-0.15, -0.1) is 0 Å². The number of fused-ring (bicyclic) bond motifs is 1. The Morgan fingerprint density at radius 3 is 2.00 bits per heavy atom. The van der Waals surface area contributed by atoms with Crippen LogP contribution in [0.5, 0.6) is 0 Å². The number of aromatic nitrogens is 1. The topological polar surface area (TPSA) is 41.7 Å². The normalized spacial score (nSPS) is 17.1. The molecule has 50 heavy (non-hydrogen) atoms.